The fourth-order valence-corrected chi connectivity index (χ4v) is 2.55. The van der Waals surface area contributed by atoms with Crippen LogP contribution < -0.4 is 10.6 Å². The van der Waals surface area contributed by atoms with Gasteiger partial charge < -0.3 is 5.73 Å². The van der Waals surface area contributed by atoms with Crippen LogP contribution in [0.1, 0.15) is 26.3 Å². The molecule has 6 heteroatoms. The Morgan fingerprint density at radius 3 is 2.52 bits per heavy atom. The van der Waals surface area contributed by atoms with Crippen molar-refractivity contribution < 1.29 is 9.59 Å². The number of halogens is 1. The lowest BCUT2D eigenvalue weighted by Crippen LogP contribution is -2.29. The minimum absolute atomic E-state index is 0.155. The number of nitrogen functional groups attached to an aromatic ring is 1. The van der Waals surface area contributed by atoms with E-state index in [1.165, 1.54) is 18.2 Å². The lowest BCUT2D eigenvalue weighted by Gasteiger charge is -2.15. The van der Waals surface area contributed by atoms with Crippen LogP contribution in [-0.2, 0) is 0 Å². The molecule has 0 saturated carbocycles. The molecule has 102 valence electrons. The lowest BCUT2D eigenvalue weighted by molar-refractivity contribution is 0.0926. The van der Waals surface area contributed by atoms with Crippen molar-refractivity contribution in [3.8, 4) is 6.07 Å². The van der Waals surface area contributed by atoms with Crippen LogP contribution in [0.5, 0.6) is 0 Å². The van der Waals surface area contributed by atoms with Gasteiger partial charge in [0.2, 0.25) is 0 Å². The average Bonchev–Trinajstić information content (AvgIpc) is 2.72. The highest BCUT2D eigenvalue weighted by Gasteiger charge is 2.38. The van der Waals surface area contributed by atoms with Gasteiger partial charge in [-0.25, -0.2) is 4.90 Å². The van der Waals surface area contributed by atoms with Gasteiger partial charge >= 0.3 is 0 Å². The number of nitriles is 1. The van der Waals surface area contributed by atoms with Gasteiger partial charge in [-0.05, 0) is 30.3 Å². The predicted octanol–water partition coefficient (Wildman–Crippen LogP) is 2.59. The number of fused-ring (bicyclic) bond motifs is 1. The van der Waals surface area contributed by atoms with E-state index in [0.717, 1.165) is 4.90 Å². The summed E-state index contributed by atoms with van der Waals surface area (Å²) in [4.78, 5) is 25.8. The van der Waals surface area contributed by atoms with Crippen molar-refractivity contribution in [1.82, 2.24) is 0 Å². The predicted molar refractivity (Wildman–Crippen MR) is 78.2 cm³/mol. The zero-order valence-corrected chi connectivity index (χ0v) is 11.4. The summed E-state index contributed by atoms with van der Waals surface area (Å²) in [6.07, 6.45) is 0. The van der Waals surface area contributed by atoms with E-state index in [1.807, 2.05) is 6.07 Å². The van der Waals surface area contributed by atoms with Gasteiger partial charge in [-0.3, -0.25) is 9.59 Å². The summed E-state index contributed by atoms with van der Waals surface area (Å²) < 4.78 is 0. The van der Waals surface area contributed by atoms with Crippen molar-refractivity contribution in [2.45, 2.75) is 0 Å². The minimum atomic E-state index is -0.514. The molecule has 2 aromatic rings. The maximum Gasteiger partial charge on any atom is 0.268 e. The Labute approximate surface area is 125 Å². The average molecular weight is 298 g/mol. The van der Waals surface area contributed by atoms with Gasteiger partial charge in [-0.15, -0.1) is 0 Å². The number of anilines is 2. The zero-order chi connectivity index (χ0) is 15.1. The Balaban J connectivity index is 2.15. The standard InChI is InChI=1S/C15H8ClN3O2/c16-10-6-8(7-17)4-5-12(10)19-14(20)9-2-1-3-11(18)13(9)15(19)21/h1-6H,18H2. The van der Waals surface area contributed by atoms with E-state index in [0.29, 0.717) is 5.56 Å². The van der Waals surface area contributed by atoms with E-state index >= 15 is 0 Å². The van der Waals surface area contributed by atoms with Crippen LogP contribution in [0.3, 0.4) is 0 Å². The van der Waals surface area contributed by atoms with E-state index in [2.05, 4.69) is 0 Å². The molecule has 0 bridgehead atoms. The van der Waals surface area contributed by atoms with Crippen LogP contribution in [0.4, 0.5) is 11.4 Å². The lowest BCUT2D eigenvalue weighted by atomic mass is 10.1. The molecule has 1 aliphatic rings. The fraction of sp³-hybridized carbons (Fsp3) is 0. The summed E-state index contributed by atoms with van der Waals surface area (Å²) >= 11 is 6.07. The van der Waals surface area contributed by atoms with E-state index in [-0.39, 0.29) is 27.5 Å². The van der Waals surface area contributed by atoms with Gasteiger partial charge in [0.15, 0.2) is 0 Å². The SMILES string of the molecule is N#Cc1ccc(N2C(=O)c3cccc(N)c3C2=O)c(Cl)c1. The highest BCUT2D eigenvalue weighted by molar-refractivity contribution is 6.40. The molecule has 0 aliphatic carbocycles. The third-order valence-electron chi connectivity index (χ3n) is 3.26. The molecule has 2 N–H and O–H groups in total. The molecular weight excluding hydrogens is 290 g/mol. The second-order valence-electron chi connectivity index (χ2n) is 4.49. The molecular formula is C15H8ClN3O2. The molecule has 0 radical (unpaired) electrons. The summed E-state index contributed by atoms with van der Waals surface area (Å²) in [6, 6.07) is 11.0. The van der Waals surface area contributed by atoms with Crippen molar-refractivity contribution in [1.29, 1.82) is 5.26 Å². The summed E-state index contributed by atoms with van der Waals surface area (Å²) in [5.74, 6) is -0.992. The first-order valence-electron chi connectivity index (χ1n) is 6.01. The summed E-state index contributed by atoms with van der Waals surface area (Å²) in [5, 5.41) is 8.98. The van der Waals surface area contributed by atoms with Gasteiger partial charge in [0, 0.05) is 5.69 Å². The van der Waals surface area contributed by atoms with E-state index < -0.39 is 11.8 Å². The molecule has 2 aromatic carbocycles. The van der Waals surface area contributed by atoms with Crippen molar-refractivity contribution in [2.75, 3.05) is 10.6 Å². The molecule has 0 atom stereocenters. The number of amides is 2. The van der Waals surface area contributed by atoms with E-state index in [1.54, 1.807) is 18.2 Å². The highest BCUT2D eigenvalue weighted by Crippen LogP contribution is 2.35. The molecule has 21 heavy (non-hydrogen) atoms. The first-order valence-corrected chi connectivity index (χ1v) is 6.39. The van der Waals surface area contributed by atoms with Gasteiger partial charge in [0.1, 0.15) is 0 Å². The highest BCUT2D eigenvalue weighted by atomic mass is 35.5. The van der Waals surface area contributed by atoms with Crippen molar-refractivity contribution in [3.05, 3.63) is 58.1 Å². The van der Waals surface area contributed by atoms with Crippen LogP contribution in [-0.4, -0.2) is 11.8 Å². The fourth-order valence-electron chi connectivity index (χ4n) is 2.29. The molecule has 1 heterocycles. The van der Waals surface area contributed by atoms with Crippen LogP contribution in [0.2, 0.25) is 5.02 Å². The van der Waals surface area contributed by atoms with Crippen LogP contribution in [0.15, 0.2) is 36.4 Å². The van der Waals surface area contributed by atoms with E-state index in [9.17, 15) is 9.59 Å². The number of hydrogen-bond donors (Lipinski definition) is 1. The Bertz CT molecular complexity index is 839. The Morgan fingerprint density at radius 2 is 1.90 bits per heavy atom. The number of carbonyl (C=O) groups is 2. The topological polar surface area (TPSA) is 87.2 Å². The number of hydrogen-bond acceptors (Lipinski definition) is 4. The van der Waals surface area contributed by atoms with Crippen molar-refractivity contribution in [2.24, 2.45) is 0 Å². The summed E-state index contributed by atoms with van der Waals surface area (Å²) in [6.45, 7) is 0. The molecule has 1 aliphatic heterocycles. The van der Waals surface area contributed by atoms with Gasteiger partial charge in [-0.2, -0.15) is 5.26 Å². The smallest absolute Gasteiger partial charge is 0.268 e. The van der Waals surface area contributed by atoms with Crippen LogP contribution in [0, 0.1) is 11.3 Å². The maximum atomic E-state index is 12.4. The Morgan fingerprint density at radius 1 is 1.14 bits per heavy atom. The quantitative estimate of drug-likeness (QED) is 0.647. The molecule has 0 saturated heterocycles. The number of nitrogens with two attached hydrogens (primary N) is 1. The normalized spacial score (nSPS) is 13.2. The van der Waals surface area contributed by atoms with Crippen LogP contribution in [0.25, 0.3) is 0 Å². The van der Waals surface area contributed by atoms with Gasteiger partial charge in [0.05, 0.1) is 33.5 Å². The number of nitrogens with zero attached hydrogens (tertiary/aromatic N) is 2. The Hall–Kier alpha value is -2.84. The molecule has 2 amide bonds. The molecule has 0 unspecified atom stereocenters. The molecule has 0 spiro atoms. The molecule has 0 fully saturated rings. The van der Waals surface area contributed by atoms with Gasteiger partial charge in [-0.1, -0.05) is 17.7 Å². The van der Waals surface area contributed by atoms with Gasteiger partial charge in [0.25, 0.3) is 11.8 Å². The zero-order valence-electron chi connectivity index (χ0n) is 10.6. The largest absolute Gasteiger partial charge is 0.398 e. The third-order valence-corrected chi connectivity index (χ3v) is 3.57. The monoisotopic (exact) mass is 297 g/mol. The number of carbonyl (C=O) groups excluding carboxylic acids is 2. The molecule has 0 aromatic heterocycles. The molecule has 3 rings (SSSR count). The maximum absolute atomic E-state index is 12.4. The number of benzene rings is 2. The number of rotatable bonds is 1. The first-order chi connectivity index (χ1) is 10.0. The first kappa shape index (κ1) is 13.2. The summed E-state index contributed by atoms with van der Waals surface area (Å²) in [7, 11) is 0. The van der Waals surface area contributed by atoms with Crippen molar-refractivity contribution in [3.63, 3.8) is 0 Å². The second kappa shape index (κ2) is 4.62. The summed E-state index contributed by atoms with van der Waals surface area (Å²) in [5.41, 5.74) is 7.04. The number of imide groups is 1. The Kier molecular flexibility index (Phi) is 2.89. The van der Waals surface area contributed by atoms with E-state index in [4.69, 9.17) is 22.6 Å². The van der Waals surface area contributed by atoms with Crippen LogP contribution >= 0.6 is 11.6 Å². The molecule has 5 nitrogen and oxygen atoms in total. The second-order valence-corrected chi connectivity index (χ2v) is 4.90. The minimum Gasteiger partial charge on any atom is -0.398 e. The van der Waals surface area contributed by atoms with Crippen molar-refractivity contribution >= 4 is 34.8 Å². The third kappa shape index (κ3) is 1.85.